The molecule has 2 amide bonds. The number of hydrogen-bond donors (Lipinski definition) is 4. The minimum absolute atomic E-state index is 0.0541. The van der Waals surface area contributed by atoms with Crippen molar-refractivity contribution in [2.45, 2.75) is 19.1 Å². The normalized spacial score (nSPS) is 14.8. The highest BCUT2D eigenvalue weighted by molar-refractivity contribution is 5.98. The SMILES string of the molecule is C[C@@H](O)[C@H](NC(=O)c1ccc(C#Cc2ccc(NC(=O)CN3CCN(c4ccccc4)CC3)cc2)cc1)C(=O)CO. The summed E-state index contributed by atoms with van der Waals surface area (Å²) in [4.78, 5) is 41.2. The molecule has 212 valence electrons. The van der Waals surface area contributed by atoms with Crippen LogP contribution in [0.3, 0.4) is 0 Å². The number of ketones is 1. The maximum atomic E-state index is 12.6. The van der Waals surface area contributed by atoms with Crippen molar-refractivity contribution in [3.63, 3.8) is 0 Å². The summed E-state index contributed by atoms with van der Waals surface area (Å²) >= 11 is 0. The van der Waals surface area contributed by atoms with Gasteiger partial charge in [-0.1, -0.05) is 30.0 Å². The molecule has 0 bridgehead atoms. The largest absolute Gasteiger partial charge is 0.391 e. The zero-order valence-corrected chi connectivity index (χ0v) is 22.9. The number of carbonyl (C=O) groups is 3. The van der Waals surface area contributed by atoms with Crippen LogP contribution >= 0.6 is 0 Å². The Kier molecular flexibility index (Phi) is 10.2. The molecule has 1 fully saturated rings. The standard InChI is InChI=1S/C32H34N4O5/c1-23(38)31(29(39)22-37)34-32(41)26-13-9-24(10-14-26)7-8-25-11-15-27(16-12-25)33-30(40)21-35-17-19-36(20-18-35)28-5-3-2-4-6-28/h2-6,9-16,23,31,37-38H,17-22H2,1H3,(H,33,40)(H,34,41)/t23-,31+/m1/s1. The Bertz CT molecular complexity index is 1390. The third kappa shape index (κ3) is 8.50. The highest BCUT2D eigenvalue weighted by atomic mass is 16.3. The number of Topliss-reactive ketones (excluding diaryl/α,β-unsaturated/α-hetero) is 1. The van der Waals surface area contributed by atoms with Gasteiger partial charge >= 0.3 is 0 Å². The van der Waals surface area contributed by atoms with Crippen LogP contribution in [-0.2, 0) is 9.59 Å². The van der Waals surface area contributed by atoms with Gasteiger partial charge in [-0.3, -0.25) is 19.3 Å². The molecule has 1 aliphatic heterocycles. The monoisotopic (exact) mass is 554 g/mol. The van der Waals surface area contributed by atoms with Gasteiger partial charge < -0.3 is 25.7 Å². The van der Waals surface area contributed by atoms with Gasteiger partial charge in [-0.2, -0.15) is 0 Å². The van der Waals surface area contributed by atoms with E-state index in [1.807, 2.05) is 42.5 Å². The van der Waals surface area contributed by atoms with E-state index in [2.05, 4.69) is 44.4 Å². The first kappa shape index (κ1) is 29.5. The summed E-state index contributed by atoms with van der Waals surface area (Å²) in [6.07, 6.45) is -1.13. The van der Waals surface area contributed by atoms with Gasteiger partial charge in [0.15, 0.2) is 5.78 Å². The van der Waals surface area contributed by atoms with E-state index in [0.717, 1.165) is 31.7 Å². The van der Waals surface area contributed by atoms with Gasteiger partial charge in [0.2, 0.25) is 5.91 Å². The third-order valence-electron chi connectivity index (χ3n) is 6.80. The minimum Gasteiger partial charge on any atom is -0.391 e. The fraction of sp³-hybridized carbons (Fsp3) is 0.281. The van der Waals surface area contributed by atoms with Gasteiger partial charge in [0.25, 0.3) is 5.91 Å². The number of hydrogen-bond acceptors (Lipinski definition) is 7. The number of aliphatic hydroxyl groups excluding tert-OH is 2. The fourth-order valence-corrected chi connectivity index (χ4v) is 4.49. The minimum atomic E-state index is -1.18. The number of piperazine rings is 1. The molecule has 4 rings (SSSR count). The molecule has 1 heterocycles. The molecule has 3 aromatic rings. The number of aliphatic hydroxyl groups is 2. The number of rotatable bonds is 9. The van der Waals surface area contributed by atoms with E-state index in [0.29, 0.717) is 23.4 Å². The third-order valence-corrected chi connectivity index (χ3v) is 6.80. The Morgan fingerprint density at radius 3 is 2.00 bits per heavy atom. The van der Waals surface area contributed by atoms with Crippen molar-refractivity contribution < 1.29 is 24.6 Å². The maximum Gasteiger partial charge on any atom is 0.251 e. The van der Waals surface area contributed by atoms with Gasteiger partial charge in [-0.15, -0.1) is 0 Å². The summed E-state index contributed by atoms with van der Waals surface area (Å²) < 4.78 is 0. The lowest BCUT2D eigenvalue weighted by Crippen LogP contribution is -2.48. The Balaban J connectivity index is 1.25. The Hall–Kier alpha value is -4.49. The lowest BCUT2D eigenvalue weighted by molar-refractivity contribution is -0.126. The van der Waals surface area contributed by atoms with Crippen LogP contribution < -0.4 is 15.5 Å². The molecule has 0 saturated carbocycles. The molecule has 41 heavy (non-hydrogen) atoms. The molecule has 0 spiro atoms. The van der Waals surface area contributed by atoms with Gasteiger partial charge in [-0.25, -0.2) is 0 Å². The second-order valence-electron chi connectivity index (χ2n) is 9.87. The summed E-state index contributed by atoms with van der Waals surface area (Å²) in [6, 6.07) is 22.9. The van der Waals surface area contributed by atoms with Gasteiger partial charge in [0.1, 0.15) is 12.6 Å². The molecule has 2 atom stereocenters. The van der Waals surface area contributed by atoms with Gasteiger partial charge in [0, 0.05) is 54.2 Å². The predicted molar refractivity (Wildman–Crippen MR) is 158 cm³/mol. The highest BCUT2D eigenvalue weighted by Gasteiger charge is 2.25. The van der Waals surface area contributed by atoms with Crippen LogP contribution in [0.25, 0.3) is 0 Å². The molecule has 0 radical (unpaired) electrons. The topological polar surface area (TPSA) is 122 Å². The molecule has 9 heteroatoms. The Labute approximate surface area is 239 Å². The molecule has 9 nitrogen and oxygen atoms in total. The number of anilines is 2. The number of para-hydroxylation sites is 1. The van der Waals surface area contributed by atoms with Crippen LogP contribution in [0.15, 0.2) is 78.9 Å². The fourth-order valence-electron chi connectivity index (χ4n) is 4.49. The van der Waals surface area contributed by atoms with E-state index in [-0.39, 0.29) is 5.91 Å². The summed E-state index contributed by atoms with van der Waals surface area (Å²) in [6.45, 7) is 4.36. The van der Waals surface area contributed by atoms with Gasteiger partial charge in [-0.05, 0) is 67.6 Å². The van der Waals surface area contributed by atoms with Crippen molar-refractivity contribution in [3.8, 4) is 11.8 Å². The van der Waals surface area contributed by atoms with Crippen molar-refractivity contribution in [1.82, 2.24) is 10.2 Å². The second kappa shape index (κ2) is 14.2. The van der Waals surface area contributed by atoms with Crippen molar-refractivity contribution in [1.29, 1.82) is 0 Å². The molecule has 0 unspecified atom stereocenters. The first-order valence-electron chi connectivity index (χ1n) is 13.5. The van der Waals surface area contributed by atoms with Crippen LogP contribution in [0.4, 0.5) is 11.4 Å². The van der Waals surface area contributed by atoms with Crippen LogP contribution in [0.1, 0.15) is 28.4 Å². The Morgan fingerprint density at radius 2 is 1.44 bits per heavy atom. The van der Waals surface area contributed by atoms with E-state index < -0.39 is 30.4 Å². The number of nitrogens with one attached hydrogen (secondary N) is 2. The maximum absolute atomic E-state index is 12.6. The number of carbonyl (C=O) groups excluding carboxylic acids is 3. The first-order valence-corrected chi connectivity index (χ1v) is 13.5. The molecule has 0 aliphatic carbocycles. The second-order valence-corrected chi connectivity index (χ2v) is 9.87. The van der Waals surface area contributed by atoms with E-state index in [1.54, 1.807) is 24.3 Å². The van der Waals surface area contributed by atoms with E-state index in [1.165, 1.54) is 12.6 Å². The van der Waals surface area contributed by atoms with E-state index in [9.17, 15) is 19.5 Å². The lowest BCUT2D eigenvalue weighted by Gasteiger charge is -2.35. The molecule has 1 saturated heterocycles. The van der Waals surface area contributed by atoms with Crippen molar-refractivity contribution >= 4 is 29.0 Å². The van der Waals surface area contributed by atoms with Crippen LogP contribution in [0, 0.1) is 11.8 Å². The highest BCUT2D eigenvalue weighted by Crippen LogP contribution is 2.16. The van der Waals surface area contributed by atoms with Crippen molar-refractivity contribution in [2.24, 2.45) is 0 Å². The first-order chi connectivity index (χ1) is 19.8. The van der Waals surface area contributed by atoms with Crippen LogP contribution in [-0.4, -0.2) is 84.2 Å². The summed E-state index contributed by atoms with van der Waals surface area (Å²) in [5, 5.41) is 24.1. The average Bonchev–Trinajstić information content (AvgIpc) is 3.00. The zero-order valence-electron chi connectivity index (χ0n) is 22.9. The smallest absolute Gasteiger partial charge is 0.251 e. The summed E-state index contributed by atoms with van der Waals surface area (Å²) in [5.74, 6) is 4.84. The zero-order chi connectivity index (χ0) is 29.2. The average molecular weight is 555 g/mol. The molecule has 4 N–H and O–H groups in total. The summed E-state index contributed by atoms with van der Waals surface area (Å²) in [5.41, 5.74) is 3.66. The van der Waals surface area contributed by atoms with Crippen molar-refractivity contribution in [3.05, 3.63) is 95.6 Å². The predicted octanol–water partition coefficient (Wildman–Crippen LogP) is 1.89. The number of nitrogens with zero attached hydrogens (tertiary/aromatic N) is 2. The molecular formula is C32H34N4O5. The summed E-state index contributed by atoms with van der Waals surface area (Å²) in [7, 11) is 0. The molecular weight excluding hydrogens is 520 g/mol. The molecule has 3 aromatic carbocycles. The quantitative estimate of drug-likeness (QED) is 0.298. The van der Waals surface area contributed by atoms with E-state index >= 15 is 0 Å². The van der Waals surface area contributed by atoms with Crippen LogP contribution in [0.2, 0.25) is 0 Å². The Morgan fingerprint density at radius 1 is 0.854 bits per heavy atom. The number of benzene rings is 3. The molecule has 1 aliphatic rings. The van der Waals surface area contributed by atoms with Gasteiger partial charge in [0.05, 0.1) is 12.6 Å². The van der Waals surface area contributed by atoms with E-state index in [4.69, 9.17) is 5.11 Å². The van der Waals surface area contributed by atoms with Crippen molar-refractivity contribution in [2.75, 3.05) is 49.5 Å². The number of amides is 2. The van der Waals surface area contributed by atoms with Crippen LogP contribution in [0.5, 0.6) is 0 Å². The lowest BCUT2D eigenvalue weighted by atomic mass is 10.1. The molecule has 0 aromatic heterocycles.